The standard InChI is InChI=1S/C23H33N5O4S/c29-23(32-14-13-26-9-2-1-3-10-26)27-16-19(17-27)33(30,31)28-11-6-18(7-12-28)21-15-25-22-20(21)5-4-8-24-22/h4-5,8,15,18-19H,1-3,6-7,9-14,16-17H2,(H,24,25). The minimum Gasteiger partial charge on any atom is -0.448 e. The summed E-state index contributed by atoms with van der Waals surface area (Å²) in [7, 11) is -3.41. The molecule has 2 aromatic rings. The number of hydrogen-bond acceptors (Lipinski definition) is 6. The third-order valence-corrected chi connectivity index (χ3v) is 9.57. The molecule has 0 spiro atoms. The summed E-state index contributed by atoms with van der Waals surface area (Å²) in [5.41, 5.74) is 2.09. The van der Waals surface area contributed by atoms with Crippen molar-refractivity contribution in [3.8, 4) is 0 Å². The molecule has 0 radical (unpaired) electrons. The number of rotatable bonds is 6. The lowest BCUT2D eigenvalue weighted by Gasteiger charge is -2.41. The molecule has 3 aliphatic rings. The van der Waals surface area contributed by atoms with Gasteiger partial charge in [0.1, 0.15) is 17.5 Å². The van der Waals surface area contributed by atoms with E-state index in [-0.39, 0.29) is 13.1 Å². The average Bonchev–Trinajstić information content (AvgIpc) is 3.23. The first-order valence-corrected chi connectivity index (χ1v) is 13.6. The summed E-state index contributed by atoms with van der Waals surface area (Å²) in [5.74, 6) is 0.321. The van der Waals surface area contributed by atoms with Gasteiger partial charge in [0.25, 0.3) is 0 Å². The number of aromatic amines is 1. The summed E-state index contributed by atoms with van der Waals surface area (Å²) < 4.78 is 33.2. The van der Waals surface area contributed by atoms with Crippen LogP contribution in [0.3, 0.4) is 0 Å². The zero-order chi connectivity index (χ0) is 22.8. The minimum absolute atomic E-state index is 0.221. The van der Waals surface area contributed by atoms with Crippen LogP contribution in [-0.2, 0) is 14.8 Å². The van der Waals surface area contributed by atoms with Crippen LogP contribution in [0.2, 0.25) is 0 Å². The third kappa shape index (κ3) is 4.74. The van der Waals surface area contributed by atoms with Crippen molar-refractivity contribution in [2.24, 2.45) is 0 Å². The predicted molar refractivity (Wildman–Crippen MR) is 126 cm³/mol. The number of likely N-dealkylation sites (tertiary alicyclic amines) is 2. The van der Waals surface area contributed by atoms with Gasteiger partial charge in [0.15, 0.2) is 0 Å². The number of ether oxygens (including phenoxy) is 1. The molecule has 3 fully saturated rings. The maximum atomic E-state index is 13.1. The molecular weight excluding hydrogens is 442 g/mol. The van der Waals surface area contributed by atoms with E-state index in [0.717, 1.165) is 43.5 Å². The van der Waals surface area contributed by atoms with Crippen LogP contribution in [0.15, 0.2) is 24.5 Å². The van der Waals surface area contributed by atoms with Gasteiger partial charge in [0.05, 0.1) is 0 Å². The van der Waals surface area contributed by atoms with Crippen LogP contribution >= 0.6 is 0 Å². The first-order valence-electron chi connectivity index (χ1n) is 12.1. The number of H-pyrrole nitrogens is 1. The van der Waals surface area contributed by atoms with Crippen molar-refractivity contribution in [2.45, 2.75) is 43.3 Å². The van der Waals surface area contributed by atoms with Crippen LogP contribution in [0.4, 0.5) is 4.79 Å². The van der Waals surface area contributed by atoms with Crippen molar-refractivity contribution in [1.29, 1.82) is 0 Å². The summed E-state index contributed by atoms with van der Waals surface area (Å²) in [6.45, 7) is 4.71. The van der Waals surface area contributed by atoms with Gasteiger partial charge in [-0.15, -0.1) is 0 Å². The summed E-state index contributed by atoms with van der Waals surface area (Å²) in [5, 5.41) is 0.591. The Labute approximate surface area is 195 Å². The number of amides is 1. The molecule has 3 aliphatic heterocycles. The fourth-order valence-electron chi connectivity index (χ4n) is 5.26. The van der Waals surface area contributed by atoms with Crippen molar-refractivity contribution in [1.82, 2.24) is 24.1 Å². The number of piperidine rings is 2. The number of nitrogens with one attached hydrogen (secondary N) is 1. The van der Waals surface area contributed by atoms with E-state index in [1.807, 2.05) is 12.3 Å². The fourth-order valence-corrected chi connectivity index (χ4v) is 7.14. The highest BCUT2D eigenvalue weighted by atomic mass is 32.2. The molecule has 0 atom stereocenters. The number of carbonyl (C=O) groups is 1. The van der Waals surface area contributed by atoms with E-state index in [2.05, 4.69) is 20.9 Å². The Morgan fingerprint density at radius 1 is 1.12 bits per heavy atom. The lowest BCUT2D eigenvalue weighted by molar-refractivity contribution is 0.0699. The third-order valence-electron chi connectivity index (χ3n) is 7.35. The van der Waals surface area contributed by atoms with Crippen LogP contribution in [0.1, 0.15) is 43.6 Å². The van der Waals surface area contributed by atoms with Gasteiger partial charge in [0, 0.05) is 50.5 Å². The molecule has 0 saturated carbocycles. The van der Waals surface area contributed by atoms with E-state index in [4.69, 9.17) is 4.74 Å². The predicted octanol–water partition coefficient (Wildman–Crippen LogP) is 2.38. The molecule has 3 saturated heterocycles. The number of carbonyl (C=O) groups excluding carboxylic acids is 1. The molecule has 0 bridgehead atoms. The highest BCUT2D eigenvalue weighted by Gasteiger charge is 2.44. The number of fused-ring (bicyclic) bond motifs is 1. The lowest BCUT2D eigenvalue weighted by atomic mass is 9.90. The Morgan fingerprint density at radius 3 is 2.64 bits per heavy atom. The van der Waals surface area contributed by atoms with Crippen molar-refractivity contribution >= 4 is 27.1 Å². The van der Waals surface area contributed by atoms with E-state index in [1.54, 1.807) is 10.5 Å². The zero-order valence-corrected chi connectivity index (χ0v) is 19.8. The molecule has 180 valence electrons. The molecule has 1 amide bonds. The lowest BCUT2D eigenvalue weighted by Crippen LogP contribution is -2.60. The SMILES string of the molecule is O=C(OCCN1CCCCC1)N1CC(S(=O)(=O)N2CCC(c3c[nH]c4ncccc34)CC2)C1. The van der Waals surface area contributed by atoms with Gasteiger partial charge >= 0.3 is 6.09 Å². The van der Waals surface area contributed by atoms with E-state index in [1.165, 1.54) is 29.7 Å². The molecule has 1 N–H and O–H groups in total. The molecule has 2 aromatic heterocycles. The molecule has 5 heterocycles. The second kappa shape index (κ2) is 9.60. The maximum absolute atomic E-state index is 13.1. The Bertz CT molecular complexity index is 1070. The fraction of sp³-hybridized carbons (Fsp3) is 0.652. The smallest absolute Gasteiger partial charge is 0.409 e. The molecule has 0 aromatic carbocycles. The first kappa shape index (κ1) is 22.6. The van der Waals surface area contributed by atoms with Crippen molar-refractivity contribution in [3.63, 3.8) is 0 Å². The Kier molecular flexibility index (Phi) is 6.58. The topological polar surface area (TPSA) is 98.8 Å². The summed E-state index contributed by atoms with van der Waals surface area (Å²) in [6, 6.07) is 3.99. The normalized spacial score (nSPS) is 21.9. The maximum Gasteiger partial charge on any atom is 0.409 e. The van der Waals surface area contributed by atoms with E-state index < -0.39 is 21.4 Å². The molecule has 33 heavy (non-hydrogen) atoms. The van der Waals surface area contributed by atoms with Crippen molar-refractivity contribution in [3.05, 3.63) is 30.1 Å². The van der Waals surface area contributed by atoms with E-state index in [9.17, 15) is 13.2 Å². The molecule has 5 rings (SSSR count). The monoisotopic (exact) mass is 475 g/mol. The van der Waals surface area contributed by atoms with Gasteiger partial charge in [-0.3, -0.25) is 4.90 Å². The molecule has 9 nitrogen and oxygen atoms in total. The molecule has 0 aliphatic carbocycles. The Balaban J connectivity index is 1.08. The molecule has 10 heteroatoms. The Morgan fingerprint density at radius 2 is 1.88 bits per heavy atom. The highest BCUT2D eigenvalue weighted by molar-refractivity contribution is 7.89. The summed E-state index contributed by atoms with van der Waals surface area (Å²) >= 11 is 0. The van der Waals surface area contributed by atoms with Crippen molar-refractivity contribution < 1.29 is 17.9 Å². The molecular formula is C23H33N5O4S. The van der Waals surface area contributed by atoms with Gasteiger partial charge in [-0.05, 0) is 62.4 Å². The largest absolute Gasteiger partial charge is 0.448 e. The van der Waals surface area contributed by atoms with E-state index >= 15 is 0 Å². The van der Waals surface area contributed by atoms with Gasteiger partial charge < -0.3 is 14.6 Å². The number of sulfonamides is 1. The Hall–Kier alpha value is -2.17. The van der Waals surface area contributed by atoms with Gasteiger partial charge in [-0.25, -0.2) is 22.5 Å². The van der Waals surface area contributed by atoms with Gasteiger partial charge in [-0.2, -0.15) is 0 Å². The quantitative estimate of drug-likeness (QED) is 0.689. The van der Waals surface area contributed by atoms with Crippen LogP contribution in [-0.4, -0.2) is 96.3 Å². The number of nitrogens with zero attached hydrogens (tertiary/aromatic N) is 4. The van der Waals surface area contributed by atoms with Gasteiger partial charge in [-0.1, -0.05) is 6.42 Å². The van der Waals surface area contributed by atoms with Crippen molar-refractivity contribution in [2.75, 3.05) is 52.4 Å². The number of pyridine rings is 1. The molecule has 0 unspecified atom stereocenters. The zero-order valence-electron chi connectivity index (χ0n) is 19.0. The summed E-state index contributed by atoms with van der Waals surface area (Å²) in [4.78, 5) is 23.7. The second-order valence-corrected chi connectivity index (χ2v) is 11.6. The highest BCUT2D eigenvalue weighted by Crippen LogP contribution is 2.34. The second-order valence-electron chi connectivity index (χ2n) is 9.41. The number of aromatic nitrogens is 2. The minimum atomic E-state index is -3.41. The van der Waals surface area contributed by atoms with Gasteiger partial charge in [0.2, 0.25) is 10.0 Å². The van der Waals surface area contributed by atoms with Crippen LogP contribution in [0, 0.1) is 0 Å². The number of hydrogen-bond donors (Lipinski definition) is 1. The summed E-state index contributed by atoms with van der Waals surface area (Å²) in [6.07, 6.45) is 8.64. The van der Waals surface area contributed by atoms with Crippen LogP contribution < -0.4 is 0 Å². The van der Waals surface area contributed by atoms with Crippen LogP contribution in [0.25, 0.3) is 11.0 Å². The first-order chi connectivity index (χ1) is 16.0. The average molecular weight is 476 g/mol. The van der Waals surface area contributed by atoms with Crippen LogP contribution in [0.5, 0.6) is 0 Å². The van der Waals surface area contributed by atoms with E-state index in [0.29, 0.717) is 25.6 Å².